The molecule has 0 atom stereocenters. The minimum absolute atomic E-state index is 0.130. The first kappa shape index (κ1) is 13.0. The van der Waals surface area contributed by atoms with Crippen molar-refractivity contribution in [2.24, 2.45) is 0 Å². The Kier molecular flexibility index (Phi) is 2.98. The molecule has 0 aliphatic heterocycles. The van der Waals surface area contributed by atoms with E-state index in [1.54, 1.807) is 30.6 Å². The van der Waals surface area contributed by atoms with E-state index in [4.69, 9.17) is 9.52 Å². The van der Waals surface area contributed by atoms with Gasteiger partial charge in [-0.1, -0.05) is 0 Å². The summed E-state index contributed by atoms with van der Waals surface area (Å²) in [6.07, 6.45) is 3.37. The molecule has 0 bridgehead atoms. The Balaban J connectivity index is 1.89. The molecule has 1 aromatic carbocycles. The van der Waals surface area contributed by atoms with E-state index in [1.165, 1.54) is 6.07 Å². The molecule has 21 heavy (non-hydrogen) atoms. The Morgan fingerprint density at radius 1 is 1.24 bits per heavy atom. The molecule has 6 heteroatoms. The van der Waals surface area contributed by atoms with Crippen LogP contribution in [0.5, 0.6) is 0 Å². The van der Waals surface area contributed by atoms with Crippen molar-refractivity contribution in [2.45, 2.75) is 6.92 Å². The molecule has 0 aliphatic carbocycles. The summed E-state index contributed by atoms with van der Waals surface area (Å²) in [5, 5.41) is 12.3. The van der Waals surface area contributed by atoms with Gasteiger partial charge < -0.3 is 19.8 Å². The molecule has 3 rings (SSSR count). The highest BCUT2D eigenvalue weighted by Crippen LogP contribution is 2.23. The molecule has 0 aliphatic rings. The predicted octanol–water partition coefficient (Wildman–Crippen LogP) is 3.02. The van der Waals surface area contributed by atoms with E-state index in [0.29, 0.717) is 22.2 Å². The van der Waals surface area contributed by atoms with Gasteiger partial charge in [0.05, 0.1) is 5.56 Å². The number of carboxylic acids is 1. The summed E-state index contributed by atoms with van der Waals surface area (Å²) in [5.41, 5.74) is 2.45. The second kappa shape index (κ2) is 4.82. The van der Waals surface area contributed by atoms with Gasteiger partial charge >= 0.3 is 5.97 Å². The van der Waals surface area contributed by atoms with Crippen molar-refractivity contribution in [2.75, 3.05) is 5.32 Å². The van der Waals surface area contributed by atoms with E-state index in [2.05, 4.69) is 10.3 Å². The molecule has 6 nitrogen and oxygen atoms in total. The van der Waals surface area contributed by atoms with Gasteiger partial charge in [0, 0.05) is 23.5 Å². The number of H-pyrrole nitrogens is 1. The normalized spacial score (nSPS) is 10.7. The molecule has 106 valence electrons. The van der Waals surface area contributed by atoms with Crippen LogP contribution < -0.4 is 5.32 Å². The summed E-state index contributed by atoms with van der Waals surface area (Å²) in [7, 11) is 0. The van der Waals surface area contributed by atoms with Crippen LogP contribution in [0, 0.1) is 6.92 Å². The molecule has 0 fully saturated rings. The van der Waals surface area contributed by atoms with E-state index < -0.39 is 5.97 Å². The van der Waals surface area contributed by atoms with Crippen molar-refractivity contribution in [1.29, 1.82) is 0 Å². The van der Waals surface area contributed by atoms with Crippen molar-refractivity contribution in [3.63, 3.8) is 0 Å². The van der Waals surface area contributed by atoms with Gasteiger partial charge in [-0.3, -0.25) is 4.79 Å². The fourth-order valence-corrected chi connectivity index (χ4v) is 2.11. The summed E-state index contributed by atoms with van der Waals surface area (Å²) in [5.74, 6) is -1.48. The molecule has 0 saturated carbocycles. The highest BCUT2D eigenvalue weighted by atomic mass is 16.4. The molecule has 1 amide bonds. The first-order valence-electron chi connectivity index (χ1n) is 6.26. The molecule has 0 radical (unpaired) electrons. The van der Waals surface area contributed by atoms with Gasteiger partial charge in [0.25, 0.3) is 5.91 Å². The lowest BCUT2D eigenvalue weighted by atomic mass is 10.2. The van der Waals surface area contributed by atoms with Crippen LogP contribution in [0.25, 0.3) is 11.0 Å². The summed E-state index contributed by atoms with van der Waals surface area (Å²) in [6.45, 7) is 1.84. The van der Waals surface area contributed by atoms with Gasteiger partial charge in [-0.25, -0.2) is 4.79 Å². The molecular weight excluding hydrogens is 272 g/mol. The lowest BCUT2D eigenvalue weighted by Gasteiger charge is -2.04. The number of carboxylic acid groups (broad SMARTS) is 1. The lowest BCUT2D eigenvalue weighted by Crippen LogP contribution is -2.11. The van der Waals surface area contributed by atoms with Crippen LogP contribution in [0.1, 0.15) is 26.5 Å². The maximum absolute atomic E-state index is 12.1. The number of carbonyl (C=O) groups is 2. The van der Waals surface area contributed by atoms with Crippen LogP contribution in [-0.4, -0.2) is 22.0 Å². The number of amides is 1. The quantitative estimate of drug-likeness (QED) is 0.689. The van der Waals surface area contributed by atoms with Gasteiger partial charge in [-0.05, 0) is 36.8 Å². The van der Waals surface area contributed by atoms with Gasteiger partial charge in [-0.2, -0.15) is 0 Å². The van der Waals surface area contributed by atoms with Crippen molar-refractivity contribution in [3.8, 4) is 0 Å². The Bertz CT molecular complexity index is 844. The number of anilines is 1. The average molecular weight is 284 g/mol. The third kappa shape index (κ3) is 2.38. The zero-order chi connectivity index (χ0) is 15.0. The topological polar surface area (TPSA) is 95.3 Å². The average Bonchev–Trinajstić information content (AvgIpc) is 3.04. The molecule has 3 N–H and O–H groups in total. The summed E-state index contributed by atoms with van der Waals surface area (Å²) >= 11 is 0. The number of aromatic amines is 1. The molecule has 2 heterocycles. The number of aryl methyl sites for hydroxylation is 1. The fourth-order valence-electron chi connectivity index (χ4n) is 2.11. The lowest BCUT2D eigenvalue weighted by molar-refractivity contribution is 0.0665. The van der Waals surface area contributed by atoms with Crippen LogP contribution in [0.15, 0.2) is 41.1 Å². The van der Waals surface area contributed by atoms with E-state index in [9.17, 15) is 9.59 Å². The highest BCUT2D eigenvalue weighted by Gasteiger charge is 2.13. The molecular formula is C15H12N2O4. The standard InChI is InChI=1S/C15H12N2O4/c1-8-6-16-7-11(8)14(18)17-10-2-3-12-9(4-10)5-13(21-12)15(19)20/h2-7,16H,1H3,(H,17,18)(H,19,20). The van der Waals surface area contributed by atoms with Gasteiger partial charge in [0.2, 0.25) is 5.76 Å². The molecule has 0 unspecified atom stereocenters. The largest absolute Gasteiger partial charge is 0.475 e. The monoisotopic (exact) mass is 284 g/mol. The smallest absolute Gasteiger partial charge is 0.371 e. The van der Waals surface area contributed by atoms with Crippen molar-refractivity contribution >= 4 is 28.5 Å². The van der Waals surface area contributed by atoms with E-state index in [1.807, 2.05) is 6.92 Å². The van der Waals surface area contributed by atoms with Crippen LogP contribution in [0.2, 0.25) is 0 Å². The second-order valence-electron chi connectivity index (χ2n) is 4.67. The fraction of sp³-hybridized carbons (Fsp3) is 0.0667. The number of hydrogen-bond donors (Lipinski definition) is 3. The van der Waals surface area contributed by atoms with Crippen molar-refractivity contribution < 1.29 is 19.1 Å². The first-order chi connectivity index (χ1) is 10.0. The maximum atomic E-state index is 12.1. The van der Waals surface area contributed by atoms with Crippen LogP contribution in [0.3, 0.4) is 0 Å². The molecule has 0 spiro atoms. The number of aromatic nitrogens is 1. The van der Waals surface area contributed by atoms with Crippen LogP contribution >= 0.6 is 0 Å². The number of furan rings is 1. The highest BCUT2D eigenvalue weighted by molar-refractivity contribution is 6.06. The Morgan fingerprint density at radius 2 is 2.05 bits per heavy atom. The van der Waals surface area contributed by atoms with Crippen molar-refractivity contribution in [1.82, 2.24) is 4.98 Å². The van der Waals surface area contributed by atoms with Crippen LogP contribution in [-0.2, 0) is 0 Å². The number of hydrogen-bond acceptors (Lipinski definition) is 3. The van der Waals surface area contributed by atoms with Gasteiger partial charge in [-0.15, -0.1) is 0 Å². The zero-order valence-electron chi connectivity index (χ0n) is 11.1. The van der Waals surface area contributed by atoms with Gasteiger partial charge in [0.15, 0.2) is 0 Å². The van der Waals surface area contributed by atoms with E-state index >= 15 is 0 Å². The zero-order valence-corrected chi connectivity index (χ0v) is 11.1. The third-order valence-electron chi connectivity index (χ3n) is 3.18. The second-order valence-corrected chi connectivity index (χ2v) is 4.67. The summed E-state index contributed by atoms with van der Waals surface area (Å²) in [6, 6.07) is 6.39. The number of aromatic carboxylic acids is 1. The Morgan fingerprint density at radius 3 is 2.71 bits per heavy atom. The number of fused-ring (bicyclic) bond motifs is 1. The number of rotatable bonds is 3. The minimum Gasteiger partial charge on any atom is -0.475 e. The van der Waals surface area contributed by atoms with Crippen molar-refractivity contribution in [3.05, 3.63) is 53.5 Å². The Labute approximate surface area is 119 Å². The predicted molar refractivity (Wildman–Crippen MR) is 76.7 cm³/mol. The minimum atomic E-state index is -1.13. The maximum Gasteiger partial charge on any atom is 0.371 e. The number of carbonyl (C=O) groups excluding carboxylic acids is 1. The summed E-state index contributed by atoms with van der Waals surface area (Å²) < 4.78 is 5.16. The number of benzene rings is 1. The molecule has 3 aromatic rings. The third-order valence-corrected chi connectivity index (χ3v) is 3.18. The Hall–Kier alpha value is -3.02. The molecule has 0 saturated heterocycles. The van der Waals surface area contributed by atoms with Crippen LogP contribution in [0.4, 0.5) is 5.69 Å². The van der Waals surface area contributed by atoms with E-state index in [0.717, 1.165) is 5.56 Å². The summed E-state index contributed by atoms with van der Waals surface area (Å²) in [4.78, 5) is 25.8. The SMILES string of the molecule is Cc1c[nH]cc1C(=O)Nc1ccc2oc(C(=O)O)cc2c1. The van der Waals surface area contributed by atoms with E-state index in [-0.39, 0.29) is 11.7 Å². The first-order valence-corrected chi connectivity index (χ1v) is 6.26. The number of nitrogens with one attached hydrogen (secondary N) is 2. The molecule has 2 aromatic heterocycles. The van der Waals surface area contributed by atoms with Gasteiger partial charge in [0.1, 0.15) is 5.58 Å².